The summed E-state index contributed by atoms with van der Waals surface area (Å²) in [5.74, 6) is 1.42. The Bertz CT molecular complexity index is 579. The Morgan fingerprint density at radius 3 is 2.90 bits per heavy atom. The van der Waals surface area contributed by atoms with Crippen LogP contribution in [0.25, 0.3) is 0 Å². The highest BCUT2D eigenvalue weighted by molar-refractivity contribution is 9.10. The Morgan fingerprint density at radius 1 is 1.60 bits per heavy atom. The second kappa shape index (κ2) is 6.10. The number of carbonyl (C=O) groups excluding carboxylic acids is 1. The summed E-state index contributed by atoms with van der Waals surface area (Å²) in [6.07, 6.45) is 5.54. The predicted octanol–water partition coefficient (Wildman–Crippen LogP) is 2.45. The van der Waals surface area contributed by atoms with Crippen LogP contribution in [0.5, 0.6) is 0 Å². The molecule has 104 valence electrons. The van der Waals surface area contributed by atoms with Crippen LogP contribution in [0.4, 0.5) is 0 Å². The fraction of sp³-hybridized carbons (Fsp3) is 0.333. The van der Waals surface area contributed by atoms with Crippen molar-refractivity contribution in [2.75, 3.05) is 6.54 Å². The van der Waals surface area contributed by atoms with Crippen molar-refractivity contribution >= 4 is 27.8 Å². The molecule has 1 amide bonds. The summed E-state index contributed by atoms with van der Waals surface area (Å²) in [5, 5.41) is 9.09. The molecule has 1 fully saturated rings. The number of aliphatic carboxylic acids is 1. The molecule has 2 atom stereocenters. The Balaban J connectivity index is 2.31. The molecule has 1 saturated heterocycles. The molecule has 2 unspecified atom stereocenters. The summed E-state index contributed by atoms with van der Waals surface area (Å²) in [5.41, 5.74) is 0.799. The lowest BCUT2D eigenvalue weighted by atomic mass is 10.0. The van der Waals surface area contributed by atoms with Gasteiger partial charge < -0.3 is 10.0 Å². The summed E-state index contributed by atoms with van der Waals surface area (Å²) in [6.45, 7) is 0.416. The van der Waals surface area contributed by atoms with Gasteiger partial charge in [0.1, 0.15) is 0 Å². The molecule has 0 radical (unpaired) electrons. The molecule has 0 aliphatic carbocycles. The molecule has 0 spiro atoms. The second-order valence-corrected chi connectivity index (χ2v) is 5.70. The van der Waals surface area contributed by atoms with Crippen LogP contribution in [0.3, 0.4) is 0 Å². The molecule has 1 heterocycles. The second-order valence-electron chi connectivity index (χ2n) is 4.78. The van der Waals surface area contributed by atoms with Crippen molar-refractivity contribution in [2.45, 2.75) is 18.9 Å². The Kier molecular flexibility index (Phi) is 4.46. The van der Waals surface area contributed by atoms with Crippen LogP contribution in [0.15, 0.2) is 28.7 Å². The minimum absolute atomic E-state index is 0.0841. The zero-order chi connectivity index (χ0) is 14.7. The summed E-state index contributed by atoms with van der Waals surface area (Å²) in [6, 6.07) is 6.87. The number of carbonyl (C=O) groups is 2. The van der Waals surface area contributed by atoms with Gasteiger partial charge in [0.15, 0.2) is 0 Å². The molecule has 20 heavy (non-hydrogen) atoms. The van der Waals surface area contributed by atoms with Gasteiger partial charge in [-0.25, -0.2) is 0 Å². The maximum Gasteiger partial charge on any atom is 0.305 e. The van der Waals surface area contributed by atoms with Crippen molar-refractivity contribution in [1.82, 2.24) is 4.90 Å². The molecular weight excluding hydrogens is 322 g/mol. The first kappa shape index (κ1) is 14.6. The van der Waals surface area contributed by atoms with E-state index in [1.165, 1.54) is 0 Å². The van der Waals surface area contributed by atoms with Crippen LogP contribution in [-0.2, 0) is 9.59 Å². The first-order valence-corrected chi connectivity index (χ1v) is 7.03. The maximum absolute atomic E-state index is 12.1. The third-order valence-electron chi connectivity index (χ3n) is 3.37. The van der Waals surface area contributed by atoms with Crippen LogP contribution >= 0.6 is 15.9 Å². The van der Waals surface area contributed by atoms with Gasteiger partial charge in [-0.1, -0.05) is 28.1 Å². The number of benzene rings is 1. The zero-order valence-corrected chi connectivity index (χ0v) is 12.3. The summed E-state index contributed by atoms with van der Waals surface area (Å²) < 4.78 is 0.852. The molecule has 5 heteroatoms. The van der Waals surface area contributed by atoms with E-state index in [0.717, 1.165) is 10.0 Å². The van der Waals surface area contributed by atoms with Crippen LogP contribution in [0.2, 0.25) is 0 Å². The van der Waals surface area contributed by atoms with Crippen molar-refractivity contribution in [3.8, 4) is 12.3 Å². The highest BCUT2D eigenvalue weighted by Crippen LogP contribution is 2.32. The number of amides is 1. The third-order valence-corrected chi connectivity index (χ3v) is 3.87. The topological polar surface area (TPSA) is 57.6 Å². The maximum atomic E-state index is 12.1. The Labute approximate surface area is 125 Å². The average Bonchev–Trinajstić information content (AvgIpc) is 2.77. The van der Waals surface area contributed by atoms with Gasteiger partial charge in [-0.15, -0.1) is 12.3 Å². The molecule has 1 aliphatic heterocycles. The fourth-order valence-electron chi connectivity index (χ4n) is 2.43. The quantitative estimate of drug-likeness (QED) is 0.860. The Morgan fingerprint density at radius 2 is 2.35 bits per heavy atom. The number of carboxylic acids is 1. The van der Waals surface area contributed by atoms with Gasteiger partial charge in [0.05, 0.1) is 12.5 Å². The largest absolute Gasteiger partial charge is 0.481 e. The van der Waals surface area contributed by atoms with Gasteiger partial charge in [-0.05, 0) is 17.7 Å². The Hall–Kier alpha value is -1.80. The predicted molar refractivity (Wildman–Crippen MR) is 77.8 cm³/mol. The standard InChI is InChI=1S/C15H14BrNO3/c1-2-10-6-14(18)17(9-10)13(8-15(19)20)11-4-3-5-12(16)7-11/h1,3-5,7,10,13H,6,8-9H2,(H,19,20). The van der Waals surface area contributed by atoms with E-state index < -0.39 is 12.0 Å². The lowest BCUT2D eigenvalue weighted by Crippen LogP contribution is -2.32. The highest BCUT2D eigenvalue weighted by atomic mass is 79.9. The van der Waals surface area contributed by atoms with Gasteiger partial charge in [0.25, 0.3) is 0 Å². The number of nitrogens with zero attached hydrogens (tertiary/aromatic N) is 1. The lowest BCUT2D eigenvalue weighted by molar-refractivity contribution is -0.139. The van der Waals surface area contributed by atoms with Crippen molar-refractivity contribution in [2.24, 2.45) is 5.92 Å². The monoisotopic (exact) mass is 335 g/mol. The van der Waals surface area contributed by atoms with Crippen molar-refractivity contribution in [3.63, 3.8) is 0 Å². The number of terminal acetylenes is 1. The molecule has 2 rings (SSSR count). The summed E-state index contributed by atoms with van der Waals surface area (Å²) in [4.78, 5) is 24.7. The number of halogens is 1. The SMILES string of the molecule is C#CC1CC(=O)N(C(CC(=O)O)c2cccc(Br)c2)C1. The van der Waals surface area contributed by atoms with Gasteiger partial charge in [0.2, 0.25) is 5.91 Å². The van der Waals surface area contributed by atoms with E-state index in [9.17, 15) is 9.59 Å². The number of carboxylic acid groups (broad SMARTS) is 1. The van der Waals surface area contributed by atoms with Crippen molar-refractivity contribution in [1.29, 1.82) is 0 Å². The van der Waals surface area contributed by atoms with E-state index in [0.29, 0.717) is 13.0 Å². The van der Waals surface area contributed by atoms with Gasteiger partial charge in [-0.3, -0.25) is 9.59 Å². The molecule has 1 aromatic carbocycles. The smallest absolute Gasteiger partial charge is 0.305 e. The summed E-state index contributed by atoms with van der Waals surface area (Å²) in [7, 11) is 0. The van der Waals surface area contributed by atoms with E-state index >= 15 is 0 Å². The van der Waals surface area contributed by atoms with Gasteiger partial charge >= 0.3 is 5.97 Å². The van der Waals surface area contributed by atoms with Crippen LogP contribution in [0.1, 0.15) is 24.4 Å². The normalized spacial score (nSPS) is 19.7. The minimum atomic E-state index is -0.938. The first-order valence-electron chi connectivity index (χ1n) is 6.24. The third kappa shape index (κ3) is 3.20. The molecule has 1 aliphatic rings. The van der Waals surface area contributed by atoms with E-state index in [-0.39, 0.29) is 18.2 Å². The van der Waals surface area contributed by atoms with E-state index in [2.05, 4.69) is 21.9 Å². The van der Waals surface area contributed by atoms with Crippen molar-refractivity contribution < 1.29 is 14.7 Å². The zero-order valence-electron chi connectivity index (χ0n) is 10.8. The number of rotatable bonds is 4. The summed E-state index contributed by atoms with van der Waals surface area (Å²) >= 11 is 3.36. The average molecular weight is 336 g/mol. The van der Waals surface area contributed by atoms with Crippen LogP contribution in [0, 0.1) is 18.3 Å². The van der Waals surface area contributed by atoms with Gasteiger partial charge in [-0.2, -0.15) is 0 Å². The van der Waals surface area contributed by atoms with E-state index in [1.807, 2.05) is 24.3 Å². The van der Waals surface area contributed by atoms with E-state index in [4.69, 9.17) is 11.5 Å². The minimum Gasteiger partial charge on any atom is -0.481 e. The molecule has 0 saturated carbocycles. The first-order chi connectivity index (χ1) is 9.51. The van der Waals surface area contributed by atoms with E-state index in [1.54, 1.807) is 4.90 Å². The molecular formula is C15H14BrNO3. The number of hydrogen-bond acceptors (Lipinski definition) is 2. The fourth-order valence-corrected chi connectivity index (χ4v) is 2.85. The lowest BCUT2D eigenvalue weighted by Gasteiger charge is -2.27. The van der Waals surface area contributed by atoms with Crippen LogP contribution < -0.4 is 0 Å². The highest BCUT2D eigenvalue weighted by Gasteiger charge is 2.35. The van der Waals surface area contributed by atoms with Crippen LogP contribution in [-0.4, -0.2) is 28.4 Å². The number of hydrogen-bond donors (Lipinski definition) is 1. The molecule has 1 aromatic rings. The molecule has 4 nitrogen and oxygen atoms in total. The van der Waals surface area contributed by atoms with Gasteiger partial charge in [0, 0.05) is 23.4 Å². The molecule has 1 N–H and O–H groups in total. The molecule has 0 bridgehead atoms. The molecule has 0 aromatic heterocycles. The number of likely N-dealkylation sites (tertiary alicyclic amines) is 1. The van der Waals surface area contributed by atoms with Crippen molar-refractivity contribution in [3.05, 3.63) is 34.3 Å².